The Morgan fingerprint density at radius 2 is 2.50 bits per heavy atom. The van der Waals surface area contributed by atoms with Gasteiger partial charge in [0.2, 0.25) is 0 Å². The Bertz CT molecular complexity index is 282. The van der Waals surface area contributed by atoms with Crippen molar-refractivity contribution >= 4 is 22.9 Å². The molecule has 0 aromatic carbocycles. The van der Waals surface area contributed by atoms with Crippen LogP contribution in [-0.4, -0.2) is 6.04 Å². The SMILES string of the molecule is CC(N)C1CC1c1cc(Cl)cs1. The predicted octanol–water partition coefficient (Wildman–Crippen LogP) is 2.85. The molecule has 3 atom stereocenters. The minimum absolute atomic E-state index is 0.330. The molecule has 0 saturated heterocycles. The molecule has 2 rings (SSSR count). The van der Waals surface area contributed by atoms with E-state index in [4.69, 9.17) is 17.3 Å². The Balaban J connectivity index is 2.05. The van der Waals surface area contributed by atoms with E-state index in [1.807, 2.05) is 5.38 Å². The molecule has 1 fully saturated rings. The van der Waals surface area contributed by atoms with Crippen molar-refractivity contribution in [3.63, 3.8) is 0 Å². The van der Waals surface area contributed by atoms with Crippen LogP contribution in [-0.2, 0) is 0 Å². The van der Waals surface area contributed by atoms with Gasteiger partial charge in [-0.25, -0.2) is 0 Å². The molecule has 1 saturated carbocycles. The molecule has 2 N–H and O–H groups in total. The van der Waals surface area contributed by atoms with Gasteiger partial charge in [-0.2, -0.15) is 0 Å². The van der Waals surface area contributed by atoms with Crippen LogP contribution in [0.5, 0.6) is 0 Å². The maximum atomic E-state index is 5.84. The molecule has 0 aliphatic heterocycles. The first-order valence-corrected chi connectivity index (χ1v) is 5.43. The van der Waals surface area contributed by atoms with Crippen LogP contribution < -0.4 is 5.73 Å². The maximum absolute atomic E-state index is 5.84. The molecular weight excluding hydrogens is 190 g/mol. The number of thiophene rings is 1. The third-order valence-corrected chi connectivity index (χ3v) is 3.88. The fraction of sp³-hybridized carbons (Fsp3) is 0.556. The molecule has 12 heavy (non-hydrogen) atoms. The zero-order valence-corrected chi connectivity index (χ0v) is 8.53. The number of halogens is 1. The fourth-order valence-electron chi connectivity index (χ4n) is 1.65. The second kappa shape index (κ2) is 3.02. The van der Waals surface area contributed by atoms with E-state index in [9.17, 15) is 0 Å². The normalized spacial score (nSPS) is 30.2. The van der Waals surface area contributed by atoms with Gasteiger partial charge in [-0.1, -0.05) is 11.6 Å². The van der Waals surface area contributed by atoms with Crippen LogP contribution in [0.4, 0.5) is 0 Å². The van der Waals surface area contributed by atoms with E-state index >= 15 is 0 Å². The highest BCUT2D eigenvalue weighted by Crippen LogP contribution is 2.51. The lowest BCUT2D eigenvalue weighted by atomic mass is 10.2. The van der Waals surface area contributed by atoms with E-state index in [-0.39, 0.29) is 0 Å². The molecule has 1 aromatic rings. The van der Waals surface area contributed by atoms with Gasteiger partial charge in [0.25, 0.3) is 0 Å². The average Bonchev–Trinajstić information content (AvgIpc) is 2.70. The smallest absolute Gasteiger partial charge is 0.0515 e. The molecule has 0 spiro atoms. The largest absolute Gasteiger partial charge is 0.328 e. The van der Waals surface area contributed by atoms with Crippen LogP contribution in [0.3, 0.4) is 0 Å². The minimum atomic E-state index is 0.330. The van der Waals surface area contributed by atoms with Crippen LogP contribution in [0.1, 0.15) is 24.1 Å². The zero-order valence-electron chi connectivity index (χ0n) is 6.96. The number of rotatable bonds is 2. The molecule has 1 aliphatic carbocycles. The lowest BCUT2D eigenvalue weighted by Crippen LogP contribution is -2.17. The van der Waals surface area contributed by atoms with Gasteiger partial charge in [0.05, 0.1) is 5.02 Å². The van der Waals surface area contributed by atoms with Gasteiger partial charge < -0.3 is 5.73 Å². The summed E-state index contributed by atoms with van der Waals surface area (Å²) in [4.78, 5) is 1.40. The highest BCUT2D eigenvalue weighted by Gasteiger charge is 2.41. The number of nitrogens with two attached hydrogens (primary N) is 1. The van der Waals surface area contributed by atoms with Crippen LogP contribution in [0, 0.1) is 5.92 Å². The first-order valence-electron chi connectivity index (χ1n) is 4.18. The zero-order chi connectivity index (χ0) is 8.72. The highest BCUT2D eigenvalue weighted by atomic mass is 35.5. The van der Waals surface area contributed by atoms with Crippen LogP contribution in [0.15, 0.2) is 11.4 Å². The van der Waals surface area contributed by atoms with E-state index in [0.29, 0.717) is 17.9 Å². The highest BCUT2D eigenvalue weighted by molar-refractivity contribution is 7.10. The van der Waals surface area contributed by atoms with Crippen LogP contribution in [0.2, 0.25) is 5.02 Å². The van der Waals surface area contributed by atoms with Gasteiger partial charge in [0, 0.05) is 16.3 Å². The molecule has 1 nitrogen and oxygen atoms in total. The van der Waals surface area contributed by atoms with E-state index < -0.39 is 0 Å². The summed E-state index contributed by atoms with van der Waals surface area (Å²) in [6.45, 7) is 2.08. The van der Waals surface area contributed by atoms with E-state index in [2.05, 4.69) is 13.0 Å². The summed E-state index contributed by atoms with van der Waals surface area (Å²) in [6.07, 6.45) is 1.24. The quantitative estimate of drug-likeness (QED) is 0.783. The number of hydrogen-bond acceptors (Lipinski definition) is 2. The average molecular weight is 202 g/mol. The van der Waals surface area contributed by atoms with Crippen molar-refractivity contribution < 1.29 is 0 Å². The molecule has 0 bridgehead atoms. The second-order valence-electron chi connectivity index (χ2n) is 3.53. The third kappa shape index (κ3) is 1.51. The summed E-state index contributed by atoms with van der Waals surface area (Å²) in [7, 11) is 0. The Labute approximate surface area is 81.5 Å². The molecule has 3 unspecified atom stereocenters. The van der Waals surface area contributed by atoms with Crippen molar-refractivity contribution in [2.45, 2.75) is 25.3 Å². The first-order chi connectivity index (χ1) is 5.68. The molecule has 0 amide bonds. The summed E-state index contributed by atoms with van der Waals surface area (Å²) < 4.78 is 0. The van der Waals surface area contributed by atoms with Gasteiger partial charge in [0.1, 0.15) is 0 Å². The van der Waals surface area contributed by atoms with Gasteiger partial charge in [0.15, 0.2) is 0 Å². The van der Waals surface area contributed by atoms with Crippen molar-refractivity contribution in [1.29, 1.82) is 0 Å². The van der Waals surface area contributed by atoms with Crippen LogP contribution >= 0.6 is 22.9 Å². The van der Waals surface area contributed by atoms with Gasteiger partial charge in [-0.15, -0.1) is 11.3 Å². The standard InChI is InChI=1S/C9H12ClNS/c1-5(11)7-3-8(7)9-2-6(10)4-12-9/h2,4-5,7-8H,3,11H2,1H3. The fourth-order valence-corrected chi connectivity index (χ4v) is 2.92. The summed E-state index contributed by atoms with van der Waals surface area (Å²) >= 11 is 7.59. The summed E-state index contributed by atoms with van der Waals surface area (Å²) in [6, 6.07) is 2.40. The molecule has 1 heterocycles. The lowest BCUT2D eigenvalue weighted by Gasteiger charge is -2.00. The Kier molecular flexibility index (Phi) is 2.15. The van der Waals surface area contributed by atoms with Crippen molar-refractivity contribution in [2.75, 3.05) is 0 Å². The summed E-state index contributed by atoms with van der Waals surface area (Å²) in [5.41, 5.74) is 5.80. The van der Waals surface area contributed by atoms with Gasteiger partial charge in [-0.3, -0.25) is 0 Å². The Hall–Kier alpha value is -0.0500. The third-order valence-electron chi connectivity index (χ3n) is 2.47. The van der Waals surface area contributed by atoms with Gasteiger partial charge in [-0.05, 0) is 31.2 Å². The molecular formula is C9H12ClNS. The molecule has 1 aliphatic rings. The molecule has 1 aromatic heterocycles. The Morgan fingerprint density at radius 1 is 1.75 bits per heavy atom. The van der Waals surface area contributed by atoms with Crippen LogP contribution in [0.25, 0.3) is 0 Å². The topological polar surface area (TPSA) is 26.0 Å². The van der Waals surface area contributed by atoms with Crippen molar-refractivity contribution in [3.8, 4) is 0 Å². The second-order valence-corrected chi connectivity index (χ2v) is 4.91. The lowest BCUT2D eigenvalue weighted by molar-refractivity contribution is 0.633. The maximum Gasteiger partial charge on any atom is 0.0515 e. The van der Waals surface area contributed by atoms with Gasteiger partial charge >= 0.3 is 0 Å². The summed E-state index contributed by atoms with van der Waals surface area (Å²) in [5, 5.41) is 2.86. The number of hydrogen-bond donors (Lipinski definition) is 1. The van der Waals surface area contributed by atoms with E-state index in [1.54, 1.807) is 11.3 Å². The molecule has 66 valence electrons. The monoisotopic (exact) mass is 201 g/mol. The minimum Gasteiger partial charge on any atom is -0.328 e. The summed E-state index contributed by atoms with van der Waals surface area (Å²) in [5.74, 6) is 1.39. The van der Waals surface area contributed by atoms with E-state index in [1.165, 1.54) is 11.3 Å². The Morgan fingerprint density at radius 3 is 2.92 bits per heavy atom. The van der Waals surface area contributed by atoms with Crippen molar-refractivity contribution in [1.82, 2.24) is 0 Å². The van der Waals surface area contributed by atoms with Crippen molar-refractivity contribution in [2.24, 2.45) is 11.7 Å². The molecule has 3 heteroatoms. The van der Waals surface area contributed by atoms with E-state index in [0.717, 1.165) is 5.02 Å². The predicted molar refractivity (Wildman–Crippen MR) is 53.8 cm³/mol. The van der Waals surface area contributed by atoms with Crippen molar-refractivity contribution in [3.05, 3.63) is 21.3 Å². The first kappa shape index (κ1) is 8.54. The molecule has 0 radical (unpaired) electrons.